The van der Waals surface area contributed by atoms with Gasteiger partial charge in [0.2, 0.25) is 5.91 Å². The average Bonchev–Trinajstić information content (AvgIpc) is 3.14. The molecule has 0 spiro atoms. The molecule has 8 heteroatoms. The van der Waals surface area contributed by atoms with E-state index in [-0.39, 0.29) is 25.5 Å². The fraction of sp³-hybridized carbons (Fsp3) is 0.333. The molecule has 1 heterocycles. The van der Waals surface area contributed by atoms with Crippen molar-refractivity contribution < 1.29 is 28.7 Å². The van der Waals surface area contributed by atoms with Crippen LogP contribution >= 0.6 is 0 Å². The normalized spacial score (nSPS) is 15.4. The van der Waals surface area contributed by atoms with Crippen LogP contribution in [0.1, 0.15) is 34.8 Å². The van der Waals surface area contributed by atoms with Gasteiger partial charge in [0, 0.05) is 24.3 Å². The lowest BCUT2D eigenvalue weighted by Gasteiger charge is -2.19. The van der Waals surface area contributed by atoms with Crippen LogP contribution in [0.15, 0.2) is 42.5 Å². The van der Waals surface area contributed by atoms with E-state index < -0.39 is 30.4 Å². The van der Waals surface area contributed by atoms with E-state index in [1.54, 1.807) is 24.0 Å². The average molecular weight is 438 g/mol. The number of benzene rings is 2. The predicted molar refractivity (Wildman–Crippen MR) is 118 cm³/mol. The van der Waals surface area contributed by atoms with Crippen molar-refractivity contribution >= 4 is 35.1 Å². The first-order chi connectivity index (χ1) is 15.3. The van der Waals surface area contributed by atoms with E-state index in [4.69, 9.17) is 9.47 Å². The number of anilines is 2. The van der Waals surface area contributed by atoms with Crippen LogP contribution in [-0.2, 0) is 23.9 Å². The highest BCUT2D eigenvalue weighted by atomic mass is 16.5. The first-order valence-corrected chi connectivity index (χ1v) is 10.4. The molecule has 2 aromatic carbocycles. The highest BCUT2D eigenvalue weighted by Crippen LogP contribution is 2.29. The number of amides is 2. The highest BCUT2D eigenvalue weighted by Gasteiger charge is 2.36. The standard InChI is InChI=1S/C24H26N2O6/c1-4-31-23(29)17-6-8-19(9-7-17)25-21(27)14-32-24(30)18-12-22(28)26(13-18)20-10-5-15(2)11-16(20)3/h5-11,18H,4,12-14H2,1-3H3,(H,25,27)/t18-/m1/s1. The molecular formula is C24H26N2O6. The zero-order chi connectivity index (χ0) is 23.3. The zero-order valence-electron chi connectivity index (χ0n) is 18.3. The van der Waals surface area contributed by atoms with Gasteiger partial charge in [-0.3, -0.25) is 14.4 Å². The minimum Gasteiger partial charge on any atom is -0.462 e. The van der Waals surface area contributed by atoms with Gasteiger partial charge in [-0.25, -0.2) is 4.79 Å². The summed E-state index contributed by atoms with van der Waals surface area (Å²) >= 11 is 0. The van der Waals surface area contributed by atoms with Gasteiger partial charge in [-0.1, -0.05) is 17.7 Å². The van der Waals surface area contributed by atoms with E-state index in [2.05, 4.69) is 5.32 Å². The Balaban J connectivity index is 1.50. The first kappa shape index (κ1) is 23.0. The molecule has 2 amide bonds. The molecule has 2 aromatic rings. The van der Waals surface area contributed by atoms with Crippen molar-refractivity contribution in [2.45, 2.75) is 27.2 Å². The summed E-state index contributed by atoms with van der Waals surface area (Å²) in [5.74, 6) is -2.32. The number of nitrogens with one attached hydrogen (secondary N) is 1. The van der Waals surface area contributed by atoms with Gasteiger partial charge in [0.25, 0.3) is 5.91 Å². The molecular weight excluding hydrogens is 412 g/mol. The molecule has 168 valence electrons. The number of carbonyl (C=O) groups is 4. The lowest BCUT2D eigenvalue weighted by Crippen LogP contribution is -2.28. The monoisotopic (exact) mass is 438 g/mol. The topological polar surface area (TPSA) is 102 Å². The van der Waals surface area contributed by atoms with E-state index in [1.807, 2.05) is 32.0 Å². The minimum atomic E-state index is -0.625. The van der Waals surface area contributed by atoms with Crippen LogP contribution in [0.3, 0.4) is 0 Å². The molecule has 0 saturated carbocycles. The van der Waals surface area contributed by atoms with Crippen molar-refractivity contribution in [3.8, 4) is 0 Å². The Morgan fingerprint density at radius 3 is 2.44 bits per heavy atom. The van der Waals surface area contributed by atoms with Crippen molar-refractivity contribution in [2.75, 3.05) is 30.0 Å². The minimum absolute atomic E-state index is 0.0447. The molecule has 3 rings (SSSR count). The SMILES string of the molecule is CCOC(=O)c1ccc(NC(=O)COC(=O)[C@@H]2CC(=O)N(c3ccc(C)cc3C)C2)cc1. The number of hydrogen-bond acceptors (Lipinski definition) is 6. The molecule has 1 aliphatic heterocycles. The van der Waals surface area contributed by atoms with Crippen LogP contribution in [0.5, 0.6) is 0 Å². The first-order valence-electron chi connectivity index (χ1n) is 10.4. The van der Waals surface area contributed by atoms with Crippen LogP contribution in [0.4, 0.5) is 11.4 Å². The Morgan fingerprint density at radius 1 is 1.06 bits per heavy atom. The van der Waals surface area contributed by atoms with Gasteiger partial charge in [-0.15, -0.1) is 0 Å². The number of esters is 2. The predicted octanol–water partition coefficient (Wildman–Crippen LogP) is 3.01. The molecule has 0 bridgehead atoms. The number of hydrogen-bond donors (Lipinski definition) is 1. The van der Waals surface area contributed by atoms with Crippen molar-refractivity contribution in [1.82, 2.24) is 0 Å². The van der Waals surface area contributed by atoms with E-state index in [1.165, 1.54) is 12.1 Å². The highest BCUT2D eigenvalue weighted by molar-refractivity contribution is 6.00. The molecule has 1 atom stereocenters. The third-order valence-corrected chi connectivity index (χ3v) is 5.13. The van der Waals surface area contributed by atoms with E-state index in [0.717, 1.165) is 16.8 Å². The van der Waals surface area contributed by atoms with Gasteiger partial charge >= 0.3 is 11.9 Å². The lowest BCUT2D eigenvalue weighted by molar-refractivity contribution is -0.151. The maximum Gasteiger partial charge on any atom is 0.338 e. The van der Waals surface area contributed by atoms with Crippen molar-refractivity contribution in [2.24, 2.45) is 5.92 Å². The molecule has 0 unspecified atom stereocenters. The Bertz CT molecular complexity index is 1030. The van der Waals surface area contributed by atoms with Gasteiger partial charge in [-0.2, -0.15) is 0 Å². The van der Waals surface area contributed by atoms with Gasteiger partial charge in [0.15, 0.2) is 6.61 Å². The number of carbonyl (C=O) groups excluding carboxylic acids is 4. The second kappa shape index (κ2) is 10.1. The van der Waals surface area contributed by atoms with Gasteiger partial charge in [0.05, 0.1) is 18.1 Å². The number of nitrogens with zero attached hydrogens (tertiary/aromatic N) is 1. The molecule has 0 aromatic heterocycles. The fourth-order valence-corrected chi connectivity index (χ4v) is 3.56. The Morgan fingerprint density at radius 2 is 1.78 bits per heavy atom. The summed E-state index contributed by atoms with van der Waals surface area (Å²) < 4.78 is 10.0. The maximum absolute atomic E-state index is 12.4. The van der Waals surface area contributed by atoms with E-state index in [9.17, 15) is 19.2 Å². The summed E-state index contributed by atoms with van der Waals surface area (Å²) in [7, 11) is 0. The van der Waals surface area contributed by atoms with Crippen LogP contribution in [0.2, 0.25) is 0 Å². The Hall–Kier alpha value is -3.68. The smallest absolute Gasteiger partial charge is 0.338 e. The van der Waals surface area contributed by atoms with Crippen molar-refractivity contribution in [1.29, 1.82) is 0 Å². The molecule has 1 N–H and O–H groups in total. The van der Waals surface area contributed by atoms with Crippen LogP contribution in [-0.4, -0.2) is 43.5 Å². The lowest BCUT2D eigenvalue weighted by atomic mass is 10.1. The van der Waals surface area contributed by atoms with Crippen LogP contribution < -0.4 is 10.2 Å². The third-order valence-electron chi connectivity index (χ3n) is 5.13. The van der Waals surface area contributed by atoms with Crippen LogP contribution in [0.25, 0.3) is 0 Å². The largest absolute Gasteiger partial charge is 0.462 e. The van der Waals surface area contributed by atoms with Gasteiger partial charge in [-0.05, 0) is 56.7 Å². The summed E-state index contributed by atoms with van der Waals surface area (Å²) in [5.41, 5.74) is 3.66. The summed E-state index contributed by atoms with van der Waals surface area (Å²) in [6.45, 7) is 5.65. The molecule has 8 nitrogen and oxygen atoms in total. The Labute approximate surface area is 186 Å². The Kier molecular flexibility index (Phi) is 7.25. The summed E-state index contributed by atoms with van der Waals surface area (Å²) in [6.07, 6.45) is 0.0447. The van der Waals surface area contributed by atoms with Crippen molar-refractivity contribution in [3.05, 3.63) is 59.2 Å². The van der Waals surface area contributed by atoms with E-state index >= 15 is 0 Å². The molecule has 0 aliphatic carbocycles. The summed E-state index contributed by atoms with van der Waals surface area (Å²) in [4.78, 5) is 50.2. The molecule has 32 heavy (non-hydrogen) atoms. The third kappa shape index (κ3) is 5.51. The maximum atomic E-state index is 12.4. The summed E-state index contributed by atoms with van der Waals surface area (Å²) in [5, 5.41) is 2.60. The summed E-state index contributed by atoms with van der Waals surface area (Å²) in [6, 6.07) is 12.0. The van der Waals surface area contributed by atoms with Gasteiger partial charge < -0.3 is 19.7 Å². The number of ether oxygens (including phenoxy) is 2. The van der Waals surface area contributed by atoms with Crippen LogP contribution in [0, 0.1) is 19.8 Å². The molecule has 0 radical (unpaired) electrons. The van der Waals surface area contributed by atoms with E-state index in [0.29, 0.717) is 11.3 Å². The molecule has 1 fully saturated rings. The number of aryl methyl sites for hydroxylation is 2. The number of rotatable bonds is 7. The molecule has 1 aliphatic rings. The quantitative estimate of drug-likeness (QED) is 0.667. The fourth-order valence-electron chi connectivity index (χ4n) is 3.56. The second-order valence-corrected chi connectivity index (χ2v) is 7.65. The van der Waals surface area contributed by atoms with Crippen molar-refractivity contribution in [3.63, 3.8) is 0 Å². The zero-order valence-corrected chi connectivity index (χ0v) is 18.3. The van der Waals surface area contributed by atoms with Gasteiger partial charge in [0.1, 0.15) is 0 Å². The molecule has 1 saturated heterocycles. The second-order valence-electron chi connectivity index (χ2n) is 7.65.